The summed E-state index contributed by atoms with van der Waals surface area (Å²) in [5.74, 6) is -2.97. The lowest BCUT2D eigenvalue weighted by Crippen LogP contribution is -2.58. The lowest BCUT2D eigenvalue weighted by molar-refractivity contribution is -0.143. The standard InChI is InChI=1S/C30H32N2O7S3/c1-14-11-15(2)21-18(12-14)20(29-41-22(27(36)38-5)23(42-29)28(37)39-6)24(40)30(3,4)32(21)19(33)13-31-25(34)16-9-7-8-10-17(16)26(31)35/h11-12,16-17H,7-10,13H2,1-6H3/t16-,17+. The van der Waals surface area contributed by atoms with Gasteiger partial charge in [-0.2, -0.15) is 0 Å². The van der Waals surface area contributed by atoms with E-state index >= 15 is 0 Å². The number of ether oxygens (including phenoxy) is 2. The molecule has 4 aliphatic rings. The first-order valence-corrected chi connectivity index (χ1v) is 15.7. The number of carbonyl (C=O) groups excluding carboxylic acids is 5. The van der Waals surface area contributed by atoms with Crippen LogP contribution in [0.4, 0.5) is 5.69 Å². The van der Waals surface area contributed by atoms with E-state index in [0.29, 0.717) is 38.8 Å². The zero-order chi connectivity index (χ0) is 30.7. The van der Waals surface area contributed by atoms with Crippen molar-refractivity contribution in [3.05, 3.63) is 42.9 Å². The summed E-state index contributed by atoms with van der Waals surface area (Å²) in [6, 6.07) is 3.88. The minimum absolute atomic E-state index is 0.106. The number of hydrogen-bond acceptors (Lipinski definition) is 10. The van der Waals surface area contributed by atoms with Gasteiger partial charge in [-0.25, -0.2) is 9.59 Å². The van der Waals surface area contributed by atoms with Gasteiger partial charge in [0.1, 0.15) is 16.4 Å². The van der Waals surface area contributed by atoms with E-state index < -0.39 is 23.4 Å². The van der Waals surface area contributed by atoms with Crippen LogP contribution in [-0.2, 0) is 33.4 Å². The smallest absolute Gasteiger partial charge is 0.346 e. The number of carbonyl (C=O) groups is 5. The van der Waals surface area contributed by atoms with Crippen molar-refractivity contribution in [3.63, 3.8) is 0 Å². The molecule has 0 unspecified atom stereocenters. The molecular formula is C30H32N2O7S3. The first-order valence-electron chi connectivity index (χ1n) is 13.7. The maximum Gasteiger partial charge on any atom is 0.346 e. The van der Waals surface area contributed by atoms with Crippen molar-refractivity contribution in [2.75, 3.05) is 25.7 Å². The Labute approximate surface area is 258 Å². The fourth-order valence-electron chi connectivity index (χ4n) is 6.34. The number of fused-ring (bicyclic) bond motifs is 2. The molecule has 0 spiro atoms. The third-order valence-electron chi connectivity index (χ3n) is 8.30. The number of benzene rings is 1. The van der Waals surface area contributed by atoms with E-state index in [1.165, 1.54) is 14.2 Å². The molecule has 3 amide bonds. The predicted octanol–water partition coefficient (Wildman–Crippen LogP) is 4.68. The van der Waals surface area contributed by atoms with Crippen molar-refractivity contribution >= 4 is 81.5 Å². The molecule has 3 heterocycles. The minimum atomic E-state index is -1.05. The summed E-state index contributed by atoms with van der Waals surface area (Å²) >= 11 is 8.23. The van der Waals surface area contributed by atoms with Crippen LogP contribution in [0.25, 0.3) is 5.57 Å². The Morgan fingerprint density at radius 2 is 1.48 bits per heavy atom. The molecule has 1 saturated heterocycles. The van der Waals surface area contributed by atoms with Crippen LogP contribution in [0.15, 0.2) is 26.2 Å². The molecule has 222 valence electrons. The Balaban J connectivity index is 1.60. The van der Waals surface area contributed by atoms with Crippen molar-refractivity contribution < 1.29 is 33.4 Å². The zero-order valence-electron chi connectivity index (χ0n) is 24.3. The van der Waals surface area contributed by atoms with Crippen LogP contribution >= 0.6 is 35.7 Å². The van der Waals surface area contributed by atoms with Crippen molar-refractivity contribution in [2.45, 2.75) is 58.9 Å². The summed E-state index contributed by atoms with van der Waals surface area (Å²) in [5, 5.41) is 0. The second kappa shape index (κ2) is 11.3. The normalized spacial score (nSPS) is 23.3. The summed E-state index contributed by atoms with van der Waals surface area (Å²) in [7, 11) is 2.48. The van der Waals surface area contributed by atoms with Gasteiger partial charge in [0.2, 0.25) is 17.7 Å². The van der Waals surface area contributed by atoms with Crippen LogP contribution in [0, 0.1) is 25.7 Å². The molecule has 1 aliphatic carbocycles. The zero-order valence-corrected chi connectivity index (χ0v) is 26.8. The van der Waals surface area contributed by atoms with E-state index in [1.54, 1.807) is 4.90 Å². The van der Waals surface area contributed by atoms with Gasteiger partial charge in [-0.05, 0) is 52.2 Å². The first-order chi connectivity index (χ1) is 19.8. The SMILES string of the molecule is COC(=O)C1=C(C(=O)OC)SC(=C2C(=S)C(C)(C)N(C(=O)CN3C(=O)[C@H]4CCCC[C@H]4C3=O)c3c(C)cc(C)cc32)S1. The lowest BCUT2D eigenvalue weighted by Gasteiger charge is -2.46. The molecule has 1 aromatic rings. The number of amides is 3. The lowest BCUT2D eigenvalue weighted by atomic mass is 9.81. The first kappa shape index (κ1) is 30.5. The Hall–Kier alpha value is -2.96. The van der Waals surface area contributed by atoms with Gasteiger partial charge < -0.3 is 9.47 Å². The number of rotatable bonds is 4. The van der Waals surface area contributed by atoms with Crippen LogP contribution in [-0.4, -0.2) is 65.7 Å². The fraction of sp³-hybridized carbons (Fsp3) is 0.467. The van der Waals surface area contributed by atoms with Gasteiger partial charge in [0.15, 0.2) is 0 Å². The van der Waals surface area contributed by atoms with E-state index in [9.17, 15) is 24.0 Å². The summed E-state index contributed by atoms with van der Waals surface area (Å²) in [6.45, 7) is 7.11. The molecular weight excluding hydrogens is 597 g/mol. The van der Waals surface area contributed by atoms with Crippen molar-refractivity contribution in [2.24, 2.45) is 11.8 Å². The molecule has 5 rings (SSSR count). The van der Waals surface area contributed by atoms with Crippen LogP contribution in [0.2, 0.25) is 0 Å². The van der Waals surface area contributed by atoms with Gasteiger partial charge in [0.05, 0.1) is 46.4 Å². The van der Waals surface area contributed by atoms with Gasteiger partial charge in [-0.1, -0.05) is 60.2 Å². The molecule has 12 heteroatoms. The van der Waals surface area contributed by atoms with E-state index in [2.05, 4.69) is 0 Å². The second-order valence-electron chi connectivity index (χ2n) is 11.4. The largest absolute Gasteiger partial charge is 0.465 e. The number of anilines is 1. The fourth-order valence-corrected chi connectivity index (χ4v) is 9.38. The van der Waals surface area contributed by atoms with Crippen molar-refractivity contribution in [1.29, 1.82) is 0 Å². The molecule has 2 atom stereocenters. The number of thiocarbonyl (C=S) groups is 1. The average molecular weight is 629 g/mol. The Kier molecular flexibility index (Phi) is 8.19. The molecule has 9 nitrogen and oxygen atoms in total. The molecule has 2 fully saturated rings. The van der Waals surface area contributed by atoms with E-state index in [-0.39, 0.29) is 40.0 Å². The monoisotopic (exact) mass is 628 g/mol. The molecule has 0 N–H and O–H groups in total. The van der Waals surface area contributed by atoms with E-state index in [0.717, 1.165) is 52.4 Å². The van der Waals surface area contributed by atoms with Crippen LogP contribution in [0.5, 0.6) is 0 Å². The van der Waals surface area contributed by atoms with E-state index in [4.69, 9.17) is 21.7 Å². The number of imide groups is 1. The maximum absolute atomic E-state index is 14.2. The van der Waals surface area contributed by atoms with Gasteiger partial charge >= 0.3 is 11.9 Å². The summed E-state index contributed by atoms with van der Waals surface area (Å²) in [6.07, 6.45) is 3.14. The molecule has 0 radical (unpaired) electrons. The highest BCUT2D eigenvalue weighted by molar-refractivity contribution is 8.29. The number of nitrogens with zero attached hydrogens (tertiary/aromatic N) is 2. The molecule has 42 heavy (non-hydrogen) atoms. The van der Waals surface area contributed by atoms with Gasteiger partial charge in [-0.15, -0.1) is 0 Å². The summed E-state index contributed by atoms with van der Waals surface area (Å²) < 4.78 is 10.5. The van der Waals surface area contributed by atoms with Gasteiger partial charge in [-0.3, -0.25) is 24.2 Å². The maximum atomic E-state index is 14.2. The molecule has 0 aromatic heterocycles. The second-order valence-corrected chi connectivity index (χ2v) is 14.1. The van der Waals surface area contributed by atoms with Crippen LogP contribution in [0.3, 0.4) is 0 Å². The number of hydrogen-bond donors (Lipinski definition) is 0. The number of thioether (sulfide) groups is 2. The Morgan fingerprint density at radius 3 is 1.98 bits per heavy atom. The number of methoxy groups -OCH3 is 2. The molecule has 1 saturated carbocycles. The molecule has 1 aromatic carbocycles. The highest BCUT2D eigenvalue weighted by Crippen LogP contribution is 2.56. The quantitative estimate of drug-likeness (QED) is 0.202. The Bertz CT molecular complexity index is 1470. The third kappa shape index (κ3) is 4.81. The molecule has 3 aliphatic heterocycles. The van der Waals surface area contributed by atoms with Crippen LogP contribution < -0.4 is 4.90 Å². The van der Waals surface area contributed by atoms with Crippen molar-refractivity contribution in [3.8, 4) is 0 Å². The number of likely N-dealkylation sites (tertiary alicyclic amines) is 1. The average Bonchev–Trinajstić information content (AvgIpc) is 3.49. The Morgan fingerprint density at radius 1 is 0.952 bits per heavy atom. The van der Waals surface area contributed by atoms with Gasteiger partial charge in [0, 0.05) is 11.1 Å². The van der Waals surface area contributed by atoms with E-state index in [1.807, 2.05) is 39.8 Å². The predicted molar refractivity (Wildman–Crippen MR) is 165 cm³/mol. The third-order valence-corrected chi connectivity index (χ3v) is 11.6. The topological polar surface area (TPSA) is 110 Å². The highest BCUT2D eigenvalue weighted by atomic mass is 32.2. The number of esters is 2. The van der Waals surface area contributed by atoms with Gasteiger partial charge in [0.25, 0.3) is 0 Å². The molecule has 0 bridgehead atoms. The summed E-state index contributed by atoms with van der Waals surface area (Å²) in [4.78, 5) is 69.2. The van der Waals surface area contributed by atoms with Crippen molar-refractivity contribution in [1.82, 2.24) is 4.90 Å². The van der Waals surface area contributed by atoms with Crippen LogP contribution in [0.1, 0.15) is 56.2 Å². The highest BCUT2D eigenvalue weighted by Gasteiger charge is 2.51. The summed E-state index contributed by atoms with van der Waals surface area (Å²) in [5.41, 5.74) is 2.59. The minimum Gasteiger partial charge on any atom is -0.465 e. The number of aryl methyl sites for hydroxylation is 2.